The lowest BCUT2D eigenvalue weighted by molar-refractivity contribution is -0.123. The van der Waals surface area contributed by atoms with Crippen LogP contribution in [0.15, 0.2) is 30.3 Å². The van der Waals surface area contributed by atoms with Crippen LogP contribution >= 0.6 is 0 Å². The molecule has 1 aromatic carbocycles. The second-order valence-electron chi connectivity index (χ2n) is 7.38. The molecule has 6 nitrogen and oxygen atoms in total. The van der Waals surface area contributed by atoms with Gasteiger partial charge in [-0.2, -0.15) is 0 Å². The fraction of sp³-hybridized carbons (Fsp3) is 0.476. The zero-order valence-electron chi connectivity index (χ0n) is 16.1. The van der Waals surface area contributed by atoms with Crippen molar-refractivity contribution in [1.29, 1.82) is 0 Å². The van der Waals surface area contributed by atoms with Crippen LogP contribution in [0.1, 0.15) is 50.0 Å². The molecular formula is C21H27N3O3. The second kappa shape index (κ2) is 7.94. The summed E-state index contributed by atoms with van der Waals surface area (Å²) in [6.45, 7) is 3.60. The number of aryl methyl sites for hydroxylation is 1. The maximum Gasteiger partial charge on any atom is 0.268 e. The van der Waals surface area contributed by atoms with E-state index in [1.807, 2.05) is 48.9 Å². The summed E-state index contributed by atoms with van der Waals surface area (Å²) in [4.78, 5) is 36.9. The fourth-order valence-electron chi connectivity index (χ4n) is 3.50. The Morgan fingerprint density at radius 2 is 2.00 bits per heavy atom. The number of benzene rings is 1. The predicted octanol–water partition coefficient (Wildman–Crippen LogP) is 2.56. The zero-order valence-corrected chi connectivity index (χ0v) is 16.1. The average Bonchev–Trinajstić information content (AvgIpc) is 3.34. The Hall–Kier alpha value is -2.63. The molecule has 2 unspecified atom stereocenters. The van der Waals surface area contributed by atoms with Gasteiger partial charge in [-0.25, -0.2) is 0 Å². The Morgan fingerprint density at radius 3 is 2.63 bits per heavy atom. The van der Waals surface area contributed by atoms with Gasteiger partial charge in [0.25, 0.3) is 5.91 Å². The Bertz CT molecular complexity index is 871. The van der Waals surface area contributed by atoms with Crippen molar-refractivity contribution in [2.24, 2.45) is 13.0 Å². The number of para-hydroxylation sites is 1. The van der Waals surface area contributed by atoms with Crippen LogP contribution in [-0.2, 0) is 16.6 Å². The Labute approximate surface area is 159 Å². The monoisotopic (exact) mass is 369 g/mol. The van der Waals surface area contributed by atoms with Crippen molar-refractivity contribution in [2.45, 2.75) is 51.6 Å². The summed E-state index contributed by atoms with van der Waals surface area (Å²) in [7, 11) is 1.85. The van der Waals surface area contributed by atoms with Crippen molar-refractivity contribution in [3.05, 3.63) is 36.0 Å². The Kier molecular flexibility index (Phi) is 5.63. The van der Waals surface area contributed by atoms with Crippen molar-refractivity contribution in [2.75, 3.05) is 0 Å². The number of amides is 2. The van der Waals surface area contributed by atoms with Crippen LogP contribution in [0.25, 0.3) is 10.9 Å². The molecular weight excluding hydrogens is 342 g/mol. The summed E-state index contributed by atoms with van der Waals surface area (Å²) in [5.74, 6) is -0.437. The van der Waals surface area contributed by atoms with E-state index in [-0.39, 0.29) is 29.6 Å². The summed E-state index contributed by atoms with van der Waals surface area (Å²) in [5, 5.41) is 6.79. The summed E-state index contributed by atoms with van der Waals surface area (Å²) in [6.07, 6.45) is 3.05. The third-order valence-electron chi connectivity index (χ3n) is 5.29. The number of aromatic nitrogens is 1. The Balaban J connectivity index is 1.71. The molecule has 0 bridgehead atoms. The summed E-state index contributed by atoms with van der Waals surface area (Å²) in [6, 6.07) is 8.94. The summed E-state index contributed by atoms with van der Waals surface area (Å²) < 4.78 is 1.84. The highest BCUT2D eigenvalue weighted by Crippen LogP contribution is 2.31. The van der Waals surface area contributed by atoms with E-state index in [4.69, 9.17) is 0 Å². The van der Waals surface area contributed by atoms with Crippen LogP contribution < -0.4 is 10.6 Å². The third-order valence-corrected chi connectivity index (χ3v) is 5.29. The largest absolute Gasteiger partial charge is 0.351 e. The van der Waals surface area contributed by atoms with Gasteiger partial charge in [0.05, 0.1) is 0 Å². The van der Waals surface area contributed by atoms with Crippen LogP contribution in [0, 0.1) is 5.92 Å². The molecule has 3 atom stereocenters. The number of unbranched alkanes of at least 4 members (excludes halogenated alkanes) is 1. The molecule has 3 rings (SSSR count). The number of Topliss-reactive ketones (excluding diaryl/α,β-unsaturated/α-hetero) is 1. The van der Waals surface area contributed by atoms with Crippen LogP contribution in [0.5, 0.6) is 0 Å². The van der Waals surface area contributed by atoms with Gasteiger partial charge in [0.15, 0.2) is 0 Å². The van der Waals surface area contributed by atoms with Crippen LogP contribution in [0.2, 0.25) is 0 Å². The van der Waals surface area contributed by atoms with Crippen molar-refractivity contribution in [3.63, 3.8) is 0 Å². The first kappa shape index (κ1) is 19.1. The first-order chi connectivity index (χ1) is 12.9. The second-order valence-corrected chi connectivity index (χ2v) is 7.38. The third kappa shape index (κ3) is 4.21. The molecule has 144 valence electrons. The van der Waals surface area contributed by atoms with Gasteiger partial charge in [-0.15, -0.1) is 0 Å². The van der Waals surface area contributed by atoms with E-state index in [0.29, 0.717) is 18.5 Å². The van der Waals surface area contributed by atoms with E-state index in [2.05, 4.69) is 10.6 Å². The molecule has 1 aliphatic carbocycles. The van der Waals surface area contributed by atoms with Gasteiger partial charge >= 0.3 is 0 Å². The predicted molar refractivity (Wildman–Crippen MR) is 104 cm³/mol. The number of hydrogen-bond donors (Lipinski definition) is 2. The standard InChI is InChI=1S/C21H27N3O3/c1-4-5-9-16(20(26)23-17-12-15(17)13(2)25)22-21(27)19-11-14-8-6-7-10-18(14)24(19)3/h6-8,10-11,15-17H,4-5,9,12H2,1-3H3,(H,22,27)(H,23,26)/t15?,16-,17?/m0/s1. The first-order valence-corrected chi connectivity index (χ1v) is 9.58. The number of carbonyl (C=O) groups excluding carboxylic acids is 3. The van der Waals surface area contributed by atoms with Crippen LogP contribution in [0.3, 0.4) is 0 Å². The fourth-order valence-corrected chi connectivity index (χ4v) is 3.50. The number of nitrogens with one attached hydrogen (secondary N) is 2. The number of rotatable bonds is 8. The minimum absolute atomic E-state index is 0.0744. The highest BCUT2D eigenvalue weighted by atomic mass is 16.2. The van der Waals surface area contributed by atoms with E-state index in [0.717, 1.165) is 23.7 Å². The molecule has 1 aliphatic rings. The molecule has 0 spiro atoms. The molecule has 1 aromatic heterocycles. The molecule has 2 N–H and O–H groups in total. The van der Waals surface area contributed by atoms with Crippen LogP contribution in [0.4, 0.5) is 0 Å². The molecule has 2 aromatic rings. The molecule has 1 saturated carbocycles. The van der Waals surface area contributed by atoms with Gasteiger partial charge in [0.1, 0.15) is 17.5 Å². The lowest BCUT2D eigenvalue weighted by Crippen LogP contribution is -2.48. The molecule has 1 fully saturated rings. The van der Waals surface area contributed by atoms with E-state index in [1.165, 1.54) is 0 Å². The van der Waals surface area contributed by atoms with E-state index in [9.17, 15) is 14.4 Å². The summed E-state index contributed by atoms with van der Waals surface area (Å²) >= 11 is 0. The van der Waals surface area contributed by atoms with Crippen molar-refractivity contribution >= 4 is 28.5 Å². The van der Waals surface area contributed by atoms with Gasteiger partial charge in [-0.1, -0.05) is 38.0 Å². The smallest absolute Gasteiger partial charge is 0.268 e. The van der Waals surface area contributed by atoms with Gasteiger partial charge in [0, 0.05) is 29.9 Å². The number of carbonyl (C=O) groups is 3. The molecule has 1 heterocycles. The number of nitrogens with zero attached hydrogens (tertiary/aromatic N) is 1. The van der Waals surface area contributed by atoms with E-state index >= 15 is 0 Å². The van der Waals surface area contributed by atoms with Crippen molar-refractivity contribution in [3.8, 4) is 0 Å². The lowest BCUT2D eigenvalue weighted by atomic mass is 10.1. The average molecular weight is 369 g/mol. The Morgan fingerprint density at radius 1 is 1.26 bits per heavy atom. The SMILES string of the molecule is CCCC[C@H](NC(=O)c1cc2ccccc2n1C)C(=O)NC1CC1C(C)=O. The van der Waals surface area contributed by atoms with Gasteiger partial charge < -0.3 is 15.2 Å². The normalized spacial score (nSPS) is 19.5. The molecule has 2 amide bonds. The van der Waals surface area contributed by atoms with Gasteiger partial charge in [0.2, 0.25) is 5.91 Å². The molecule has 27 heavy (non-hydrogen) atoms. The first-order valence-electron chi connectivity index (χ1n) is 9.58. The molecule has 0 aliphatic heterocycles. The highest BCUT2D eigenvalue weighted by molar-refractivity contribution is 6.00. The summed E-state index contributed by atoms with van der Waals surface area (Å²) in [5.41, 5.74) is 1.50. The van der Waals surface area contributed by atoms with E-state index < -0.39 is 6.04 Å². The van der Waals surface area contributed by atoms with E-state index in [1.54, 1.807) is 6.92 Å². The maximum absolute atomic E-state index is 12.8. The quantitative estimate of drug-likeness (QED) is 0.750. The minimum Gasteiger partial charge on any atom is -0.351 e. The molecule has 0 radical (unpaired) electrons. The van der Waals surface area contributed by atoms with Crippen molar-refractivity contribution in [1.82, 2.24) is 15.2 Å². The molecule has 0 saturated heterocycles. The van der Waals surface area contributed by atoms with Gasteiger partial charge in [-0.05, 0) is 31.9 Å². The molecule has 6 heteroatoms. The zero-order chi connectivity index (χ0) is 19.6. The number of ketones is 1. The lowest BCUT2D eigenvalue weighted by Gasteiger charge is -2.18. The topological polar surface area (TPSA) is 80.2 Å². The number of hydrogen-bond acceptors (Lipinski definition) is 3. The minimum atomic E-state index is -0.594. The van der Waals surface area contributed by atoms with Crippen LogP contribution in [-0.4, -0.2) is 34.2 Å². The highest BCUT2D eigenvalue weighted by Gasteiger charge is 2.42. The number of fused-ring (bicyclic) bond motifs is 1. The van der Waals surface area contributed by atoms with Crippen molar-refractivity contribution < 1.29 is 14.4 Å². The van der Waals surface area contributed by atoms with Gasteiger partial charge in [-0.3, -0.25) is 14.4 Å². The maximum atomic E-state index is 12.8.